The molecule has 1 aliphatic rings. The van der Waals surface area contributed by atoms with Gasteiger partial charge >= 0.3 is 0 Å². The third-order valence-corrected chi connectivity index (χ3v) is 6.42. The molecule has 1 aliphatic carbocycles. The minimum atomic E-state index is -0.310. The average molecular weight is 431 g/mol. The van der Waals surface area contributed by atoms with Crippen molar-refractivity contribution in [2.45, 2.75) is 25.7 Å². The fourth-order valence-corrected chi connectivity index (χ4v) is 4.96. The Hall–Kier alpha value is -2.22. The highest BCUT2D eigenvalue weighted by Crippen LogP contribution is 2.45. The van der Waals surface area contributed by atoms with Crippen molar-refractivity contribution in [3.8, 4) is 11.1 Å². The number of carbonyl (C=O) groups is 1. The molecule has 3 aromatic rings. The van der Waals surface area contributed by atoms with Crippen LogP contribution in [0.4, 0.5) is 5.69 Å². The summed E-state index contributed by atoms with van der Waals surface area (Å²) in [5.41, 5.74) is 16.4. The number of anilines is 1. The maximum absolute atomic E-state index is 12.6. The summed E-state index contributed by atoms with van der Waals surface area (Å²) in [5.74, 6) is -0.310. The molecule has 0 radical (unpaired) electrons. The maximum atomic E-state index is 12.6. The molecular weight excluding hydrogens is 412 g/mol. The van der Waals surface area contributed by atoms with Gasteiger partial charge < -0.3 is 11.2 Å². The summed E-state index contributed by atoms with van der Waals surface area (Å²) in [6, 6.07) is 7.75. The summed E-state index contributed by atoms with van der Waals surface area (Å²) in [4.78, 5) is 18.6. The van der Waals surface area contributed by atoms with E-state index in [2.05, 4.69) is 23.5 Å². The van der Waals surface area contributed by atoms with E-state index in [1.807, 2.05) is 24.3 Å². The highest BCUT2D eigenvalue weighted by atomic mass is 35.5. The van der Waals surface area contributed by atoms with Gasteiger partial charge in [-0.25, -0.2) is 4.98 Å². The molecule has 0 fully saturated rings. The van der Waals surface area contributed by atoms with Gasteiger partial charge in [-0.1, -0.05) is 29.8 Å². The number of hydrogen-bond donors (Lipinski definition) is 4. The molecular formula is C20H19ClN4OS2. The van der Waals surface area contributed by atoms with Gasteiger partial charge in [-0.2, -0.15) is 0 Å². The number of fused-ring (bicyclic) bond motifs is 2. The van der Waals surface area contributed by atoms with Gasteiger partial charge in [0.05, 0.1) is 5.69 Å². The van der Waals surface area contributed by atoms with Gasteiger partial charge in [-0.05, 0) is 42.7 Å². The van der Waals surface area contributed by atoms with Gasteiger partial charge in [-0.15, -0.1) is 24.0 Å². The molecule has 0 spiro atoms. The van der Waals surface area contributed by atoms with Gasteiger partial charge in [0.15, 0.2) is 0 Å². The van der Waals surface area contributed by atoms with Crippen molar-refractivity contribution < 1.29 is 4.79 Å². The largest absolute Gasteiger partial charge is 0.397 e. The van der Waals surface area contributed by atoms with Gasteiger partial charge in [0.2, 0.25) is 0 Å². The van der Waals surface area contributed by atoms with E-state index in [4.69, 9.17) is 22.3 Å². The number of pyridine rings is 1. The second-order valence-corrected chi connectivity index (χ2v) is 8.24. The number of rotatable bonds is 4. The molecule has 1 aromatic carbocycles. The zero-order chi connectivity index (χ0) is 19.7. The highest BCUT2D eigenvalue weighted by Gasteiger charge is 2.26. The van der Waals surface area contributed by atoms with E-state index in [0.29, 0.717) is 15.6 Å². The first-order chi connectivity index (χ1) is 13.6. The summed E-state index contributed by atoms with van der Waals surface area (Å²) in [7, 11) is 0. The number of nitrogens with one attached hydrogen (secondary N) is 2. The Bertz CT molecular complexity index is 1090. The van der Waals surface area contributed by atoms with Crippen LogP contribution >= 0.6 is 35.6 Å². The predicted molar refractivity (Wildman–Crippen MR) is 120 cm³/mol. The molecule has 0 atom stereocenters. The minimum absolute atomic E-state index is 0.310. The maximum Gasteiger partial charge on any atom is 0.281 e. The topological polar surface area (TPSA) is 80.0 Å². The van der Waals surface area contributed by atoms with Crippen LogP contribution in [-0.2, 0) is 12.8 Å². The number of benzene rings is 1. The number of amides is 1. The summed E-state index contributed by atoms with van der Waals surface area (Å²) < 4.78 is 0. The van der Waals surface area contributed by atoms with E-state index in [9.17, 15) is 4.79 Å². The van der Waals surface area contributed by atoms with Crippen LogP contribution < -0.4 is 16.6 Å². The lowest BCUT2D eigenvalue weighted by Crippen LogP contribution is -2.33. The Kier molecular flexibility index (Phi) is 5.48. The SMILES string of the molecule is Nc1c(C(=O)NN/C=C\S)sc2nc3c(c(-c4ccccc4Cl)c12)CCCC3. The normalized spacial score (nSPS) is 13.6. The van der Waals surface area contributed by atoms with Crippen LogP contribution in [0.15, 0.2) is 35.9 Å². The Morgan fingerprint density at radius 1 is 1.29 bits per heavy atom. The molecule has 0 saturated heterocycles. The van der Waals surface area contributed by atoms with E-state index in [0.717, 1.165) is 52.7 Å². The number of carbonyl (C=O) groups excluding carboxylic acids is 1. The number of hydrazine groups is 1. The molecule has 0 saturated carbocycles. The number of thiophene rings is 1. The van der Waals surface area contributed by atoms with E-state index < -0.39 is 0 Å². The average Bonchev–Trinajstić information content (AvgIpc) is 3.03. The third-order valence-electron chi connectivity index (χ3n) is 4.85. The third kappa shape index (κ3) is 3.34. The molecule has 2 heterocycles. The quantitative estimate of drug-likeness (QED) is 0.357. The van der Waals surface area contributed by atoms with E-state index in [-0.39, 0.29) is 5.91 Å². The standard InChI is InChI=1S/C20H19ClN4OS2/c21-13-7-3-1-5-11(13)15-12-6-2-4-8-14(12)24-20-16(15)17(22)18(28-20)19(26)25-23-9-10-27/h1,3,5,7,9-10,23,27H,2,4,6,8,22H2,(H,25,26)/b10-9-. The number of nitrogens with zero attached hydrogens (tertiary/aromatic N) is 1. The first-order valence-corrected chi connectivity index (χ1v) is 10.7. The summed E-state index contributed by atoms with van der Waals surface area (Å²) in [5, 5.41) is 2.97. The lowest BCUT2D eigenvalue weighted by molar-refractivity contribution is 0.0946. The van der Waals surface area contributed by atoms with Gasteiger partial charge in [0, 0.05) is 33.4 Å². The van der Waals surface area contributed by atoms with Crippen LogP contribution in [0.5, 0.6) is 0 Å². The fraction of sp³-hybridized carbons (Fsp3) is 0.200. The summed E-state index contributed by atoms with van der Waals surface area (Å²) in [6.45, 7) is 0. The molecule has 0 unspecified atom stereocenters. The Labute approximate surface area is 177 Å². The van der Waals surface area contributed by atoms with Crippen molar-refractivity contribution in [1.82, 2.24) is 15.8 Å². The molecule has 4 N–H and O–H groups in total. The van der Waals surface area contributed by atoms with Crippen LogP contribution in [0.1, 0.15) is 33.8 Å². The second-order valence-electron chi connectivity index (χ2n) is 6.54. The van der Waals surface area contributed by atoms with Crippen molar-refractivity contribution in [2.24, 2.45) is 0 Å². The number of hydrogen-bond acceptors (Lipinski definition) is 6. The number of thiol groups is 1. The Morgan fingerprint density at radius 3 is 2.86 bits per heavy atom. The molecule has 1 amide bonds. The van der Waals surface area contributed by atoms with Crippen molar-refractivity contribution in [3.63, 3.8) is 0 Å². The van der Waals surface area contributed by atoms with E-state index in [1.165, 1.54) is 28.5 Å². The number of nitrogens with two attached hydrogens (primary N) is 1. The van der Waals surface area contributed by atoms with Gasteiger partial charge in [-0.3, -0.25) is 10.2 Å². The monoisotopic (exact) mass is 430 g/mol. The molecule has 0 bridgehead atoms. The first kappa shape index (κ1) is 19.1. The number of halogens is 1. The van der Waals surface area contributed by atoms with Crippen LogP contribution in [0, 0.1) is 0 Å². The molecule has 4 rings (SSSR count). The molecule has 28 heavy (non-hydrogen) atoms. The van der Waals surface area contributed by atoms with Crippen LogP contribution in [0.25, 0.3) is 21.3 Å². The van der Waals surface area contributed by atoms with Crippen molar-refractivity contribution in [2.75, 3.05) is 5.73 Å². The van der Waals surface area contributed by atoms with Crippen LogP contribution in [-0.4, -0.2) is 10.9 Å². The Morgan fingerprint density at radius 2 is 2.07 bits per heavy atom. The number of aromatic nitrogens is 1. The number of aryl methyl sites for hydroxylation is 1. The zero-order valence-electron chi connectivity index (χ0n) is 15.0. The molecule has 8 heteroatoms. The van der Waals surface area contributed by atoms with Gasteiger partial charge in [0.1, 0.15) is 9.71 Å². The lowest BCUT2D eigenvalue weighted by atomic mass is 9.87. The Balaban J connectivity index is 1.95. The predicted octanol–water partition coefficient (Wildman–Crippen LogP) is 4.71. The zero-order valence-corrected chi connectivity index (χ0v) is 17.4. The van der Waals surface area contributed by atoms with Crippen molar-refractivity contribution in [3.05, 3.63) is 57.0 Å². The first-order valence-electron chi connectivity index (χ1n) is 8.95. The smallest absolute Gasteiger partial charge is 0.281 e. The van der Waals surface area contributed by atoms with Crippen molar-refractivity contribution in [1.29, 1.82) is 0 Å². The summed E-state index contributed by atoms with van der Waals surface area (Å²) >= 11 is 11.8. The lowest BCUT2D eigenvalue weighted by Gasteiger charge is -2.20. The fourth-order valence-electron chi connectivity index (χ4n) is 3.64. The molecule has 5 nitrogen and oxygen atoms in total. The number of nitrogen functional groups attached to an aromatic ring is 1. The highest BCUT2D eigenvalue weighted by molar-refractivity contribution is 7.83. The molecule has 0 aliphatic heterocycles. The minimum Gasteiger partial charge on any atom is -0.397 e. The van der Waals surface area contributed by atoms with Gasteiger partial charge in [0.25, 0.3) is 5.91 Å². The summed E-state index contributed by atoms with van der Waals surface area (Å²) in [6.07, 6.45) is 5.59. The second kappa shape index (κ2) is 8.03. The van der Waals surface area contributed by atoms with Crippen LogP contribution in [0.3, 0.4) is 0 Å². The van der Waals surface area contributed by atoms with E-state index >= 15 is 0 Å². The van der Waals surface area contributed by atoms with Crippen LogP contribution in [0.2, 0.25) is 5.02 Å². The molecule has 144 valence electrons. The molecule has 2 aromatic heterocycles. The van der Waals surface area contributed by atoms with E-state index in [1.54, 1.807) is 0 Å². The van der Waals surface area contributed by atoms with Crippen molar-refractivity contribution >= 4 is 57.4 Å².